The molecule has 3 N–H and O–H groups in total. The quantitative estimate of drug-likeness (QED) is 0.426. The van der Waals surface area contributed by atoms with E-state index in [-0.39, 0.29) is 3.72 Å². The molecule has 1 rings (SSSR count). The van der Waals surface area contributed by atoms with E-state index in [9.17, 15) is 10.0 Å². The molecule has 0 saturated carbocycles. The van der Waals surface area contributed by atoms with E-state index < -0.39 is 11.7 Å². The Balaban J connectivity index is 2.95. The average Bonchev–Trinajstić information content (AvgIpc) is 2.26. The van der Waals surface area contributed by atoms with Gasteiger partial charge in [-0.05, 0) is 61.6 Å². The van der Waals surface area contributed by atoms with E-state index in [1.165, 1.54) is 12.1 Å². The van der Waals surface area contributed by atoms with Gasteiger partial charge in [-0.15, -0.1) is 0 Å². The summed E-state index contributed by atoms with van der Waals surface area (Å²) in [5.74, 6) is 0. The zero-order valence-corrected chi connectivity index (χ0v) is 13.0. The molecule has 6 nitrogen and oxygen atoms in total. The first-order valence-electron chi connectivity index (χ1n) is 5.49. The van der Waals surface area contributed by atoms with Crippen LogP contribution in [0.1, 0.15) is 26.3 Å². The third-order valence-electron chi connectivity index (χ3n) is 2.01. The van der Waals surface area contributed by atoms with E-state index in [1.54, 1.807) is 54.9 Å². The molecule has 0 fully saturated rings. The fraction of sp³-hybridized carbons (Fsp3) is 0.333. The van der Waals surface area contributed by atoms with Gasteiger partial charge in [-0.2, -0.15) is 0 Å². The van der Waals surface area contributed by atoms with Crippen molar-refractivity contribution >= 4 is 43.8 Å². The highest BCUT2D eigenvalue weighted by molar-refractivity contribution is 14.1. The number of amides is 1. The SMILES string of the molecule is CC(C)(C)OC(=O)Nc1ccc(N[O-])cc1C(=N)I. The van der Waals surface area contributed by atoms with Crippen LogP contribution in [0.25, 0.3) is 0 Å². The number of halogens is 1. The van der Waals surface area contributed by atoms with Crippen LogP contribution in [-0.4, -0.2) is 15.4 Å². The van der Waals surface area contributed by atoms with Crippen LogP contribution in [0.4, 0.5) is 16.2 Å². The first kappa shape index (κ1) is 15.7. The summed E-state index contributed by atoms with van der Waals surface area (Å²) in [5, 5.41) is 20.8. The molecule has 0 aliphatic carbocycles. The molecule has 0 aromatic heterocycles. The van der Waals surface area contributed by atoms with Crippen LogP contribution in [-0.2, 0) is 4.74 Å². The molecule has 19 heavy (non-hydrogen) atoms. The Kier molecular flexibility index (Phi) is 5.12. The predicted octanol–water partition coefficient (Wildman–Crippen LogP) is 3.70. The van der Waals surface area contributed by atoms with Crippen molar-refractivity contribution in [2.45, 2.75) is 26.4 Å². The molecular weight excluding hydrogens is 361 g/mol. The number of benzene rings is 1. The van der Waals surface area contributed by atoms with Crippen LogP contribution >= 0.6 is 22.6 Å². The summed E-state index contributed by atoms with van der Waals surface area (Å²) >= 11 is 1.80. The number of anilines is 2. The number of carbonyl (C=O) groups is 1. The second-order valence-electron chi connectivity index (χ2n) is 4.80. The number of hydrogen-bond acceptors (Lipinski definition) is 5. The molecule has 0 heterocycles. The van der Waals surface area contributed by atoms with E-state index in [1.807, 2.05) is 0 Å². The van der Waals surface area contributed by atoms with Gasteiger partial charge >= 0.3 is 6.09 Å². The smallest absolute Gasteiger partial charge is 0.412 e. The third kappa shape index (κ3) is 5.03. The minimum atomic E-state index is -0.603. The monoisotopic (exact) mass is 376 g/mol. The average molecular weight is 376 g/mol. The Bertz CT molecular complexity index is 497. The summed E-state index contributed by atoms with van der Waals surface area (Å²) in [6.07, 6.45) is -0.603. The molecule has 0 atom stereocenters. The number of ether oxygens (including phenoxy) is 1. The van der Waals surface area contributed by atoms with Crippen LogP contribution in [0, 0.1) is 10.6 Å². The number of nitrogens with one attached hydrogen (secondary N) is 3. The molecule has 1 aromatic rings. The molecule has 0 bridgehead atoms. The highest BCUT2D eigenvalue weighted by atomic mass is 127. The van der Waals surface area contributed by atoms with Crippen LogP contribution in [0.5, 0.6) is 0 Å². The molecule has 0 radical (unpaired) electrons. The normalized spacial score (nSPS) is 10.8. The van der Waals surface area contributed by atoms with E-state index in [4.69, 9.17) is 10.1 Å². The van der Waals surface area contributed by atoms with Crippen molar-refractivity contribution in [1.82, 2.24) is 0 Å². The molecule has 1 amide bonds. The number of carbonyl (C=O) groups excluding carboxylic acids is 1. The summed E-state index contributed by atoms with van der Waals surface area (Å²) in [7, 11) is 0. The summed E-state index contributed by atoms with van der Waals surface area (Å²) in [5.41, 5.74) is 2.35. The molecule has 0 saturated heterocycles. The zero-order valence-electron chi connectivity index (χ0n) is 10.8. The van der Waals surface area contributed by atoms with E-state index in [0.29, 0.717) is 16.9 Å². The van der Waals surface area contributed by atoms with Crippen LogP contribution in [0.3, 0.4) is 0 Å². The Hall–Kier alpha value is -1.35. The molecular formula is C12H15IN3O3-. The van der Waals surface area contributed by atoms with E-state index in [2.05, 4.69) is 5.32 Å². The minimum Gasteiger partial charge on any atom is -0.761 e. The van der Waals surface area contributed by atoms with Gasteiger partial charge in [0.2, 0.25) is 0 Å². The van der Waals surface area contributed by atoms with Gasteiger partial charge in [0.15, 0.2) is 0 Å². The molecule has 7 heteroatoms. The van der Waals surface area contributed by atoms with Gasteiger partial charge < -0.3 is 15.4 Å². The van der Waals surface area contributed by atoms with E-state index in [0.717, 1.165) is 0 Å². The van der Waals surface area contributed by atoms with Gasteiger partial charge in [0.25, 0.3) is 0 Å². The van der Waals surface area contributed by atoms with Crippen molar-refractivity contribution in [3.05, 3.63) is 29.0 Å². The van der Waals surface area contributed by atoms with Gasteiger partial charge in [0.1, 0.15) is 9.32 Å². The molecule has 0 aliphatic rings. The lowest BCUT2D eigenvalue weighted by atomic mass is 10.1. The molecule has 0 aliphatic heterocycles. The fourth-order valence-corrected chi connectivity index (χ4v) is 1.76. The lowest BCUT2D eigenvalue weighted by molar-refractivity contribution is 0.0636. The second kappa shape index (κ2) is 6.20. The van der Waals surface area contributed by atoms with Gasteiger partial charge in [0, 0.05) is 11.3 Å². The molecule has 0 spiro atoms. The Labute approximate surface area is 125 Å². The topological polar surface area (TPSA) is 97.3 Å². The highest BCUT2D eigenvalue weighted by Crippen LogP contribution is 2.23. The zero-order chi connectivity index (χ0) is 14.6. The van der Waals surface area contributed by atoms with Crippen molar-refractivity contribution in [2.75, 3.05) is 10.8 Å². The van der Waals surface area contributed by atoms with Crippen molar-refractivity contribution in [3.63, 3.8) is 0 Å². The van der Waals surface area contributed by atoms with Gasteiger partial charge in [-0.1, -0.05) is 0 Å². The lowest BCUT2D eigenvalue weighted by Gasteiger charge is -2.20. The third-order valence-corrected chi connectivity index (χ3v) is 2.59. The van der Waals surface area contributed by atoms with Gasteiger partial charge in [0.05, 0.1) is 5.69 Å². The first-order chi connectivity index (χ1) is 8.73. The molecule has 1 aromatic carbocycles. The Morgan fingerprint density at radius 1 is 1.42 bits per heavy atom. The maximum Gasteiger partial charge on any atom is 0.412 e. The van der Waals surface area contributed by atoms with E-state index >= 15 is 0 Å². The summed E-state index contributed by atoms with van der Waals surface area (Å²) in [6, 6.07) is 4.56. The van der Waals surface area contributed by atoms with Crippen molar-refractivity contribution in [2.24, 2.45) is 0 Å². The van der Waals surface area contributed by atoms with Crippen molar-refractivity contribution in [1.29, 1.82) is 5.41 Å². The number of rotatable bonds is 3. The van der Waals surface area contributed by atoms with Crippen molar-refractivity contribution in [3.8, 4) is 0 Å². The number of hydrogen-bond donors (Lipinski definition) is 3. The van der Waals surface area contributed by atoms with Gasteiger partial charge in [-0.25, -0.2) is 4.79 Å². The highest BCUT2D eigenvalue weighted by Gasteiger charge is 2.17. The Morgan fingerprint density at radius 2 is 2.05 bits per heavy atom. The lowest BCUT2D eigenvalue weighted by Crippen LogP contribution is -2.27. The summed E-state index contributed by atoms with van der Waals surface area (Å²) in [4.78, 5) is 11.7. The van der Waals surface area contributed by atoms with Gasteiger partial charge in [-0.3, -0.25) is 10.7 Å². The fourth-order valence-electron chi connectivity index (χ4n) is 1.31. The maximum absolute atomic E-state index is 11.7. The van der Waals surface area contributed by atoms with Crippen molar-refractivity contribution < 1.29 is 9.53 Å². The Morgan fingerprint density at radius 3 is 2.53 bits per heavy atom. The molecule has 0 unspecified atom stereocenters. The predicted molar refractivity (Wildman–Crippen MR) is 84.1 cm³/mol. The minimum absolute atomic E-state index is 0.209. The largest absolute Gasteiger partial charge is 0.761 e. The standard InChI is InChI=1S/C12H15IN3O3/c1-12(2,3)19-11(17)15-9-5-4-7(16-18)6-8(9)10(13)14/h4-6,14,16H,1-3H3,(H,15,17)/q-1. The summed E-state index contributed by atoms with van der Waals surface area (Å²) in [6.45, 7) is 5.29. The maximum atomic E-state index is 11.7. The van der Waals surface area contributed by atoms with Crippen LogP contribution in [0.15, 0.2) is 18.2 Å². The van der Waals surface area contributed by atoms with Crippen LogP contribution < -0.4 is 10.8 Å². The van der Waals surface area contributed by atoms with Crippen LogP contribution in [0.2, 0.25) is 0 Å². The second-order valence-corrected chi connectivity index (χ2v) is 5.88. The first-order valence-corrected chi connectivity index (χ1v) is 6.57. The molecule has 104 valence electrons. The summed E-state index contributed by atoms with van der Waals surface area (Å²) < 4.78 is 5.34.